The molecule has 3 N–H and O–H groups in total. The summed E-state index contributed by atoms with van der Waals surface area (Å²) in [5.74, 6) is -0.940. The zero-order valence-corrected chi connectivity index (χ0v) is 13.9. The Morgan fingerprint density at radius 3 is 2.56 bits per heavy atom. The van der Waals surface area contributed by atoms with Gasteiger partial charge in [0.25, 0.3) is 12.3 Å². The van der Waals surface area contributed by atoms with Gasteiger partial charge in [-0.15, -0.1) is 0 Å². The minimum absolute atomic E-state index is 0.222. The Morgan fingerprint density at radius 1 is 1.28 bits per heavy atom. The number of rotatable bonds is 5. The average molecular weight is 354 g/mol. The van der Waals surface area contributed by atoms with Crippen molar-refractivity contribution < 1.29 is 18.0 Å². The molecule has 2 heterocycles. The van der Waals surface area contributed by atoms with Crippen molar-refractivity contribution in [3.05, 3.63) is 30.0 Å². The van der Waals surface area contributed by atoms with Crippen molar-refractivity contribution in [2.75, 3.05) is 25.5 Å². The molecule has 1 amide bonds. The summed E-state index contributed by atoms with van der Waals surface area (Å²) in [6.07, 6.45) is -3.99. The van der Waals surface area contributed by atoms with Crippen molar-refractivity contribution in [2.45, 2.75) is 31.6 Å². The lowest BCUT2D eigenvalue weighted by atomic mass is 10.0. The maximum absolute atomic E-state index is 14.1. The number of nitrogens with zero attached hydrogens (tertiary/aromatic N) is 2. The Labute approximate surface area is 143 Å². The second-order valence-corrected chi connectivity index (χ2v) is 6.43. The minimum Gasteiger partial charge on any atom is -0.382 e. The molecule has 1 fully saturated rings. The number of hydrogen-bond acceptors (Lipinski definition) is 3. The van der Waals surface area contributed by atoms with Gasteiger partial charge in [0.05, 0.1) is 5.52 Å². The lowest BCUT2D eigenvalue weighted by molar-refractivity contribution is 0.00945. The standard InChI is InChI=1S/C17H21F3N4O/c1-23-7-5-10(6-8-23)22-12-3-2-4-13-11(12)9-14(17(21)25)24(13)16(20)15(18)19/h2-4,9-10,15-16,22H,5-8H2,1H3,(H2,21,25). The number of alkyl halides is 3. The largest absolute Gasteiger partial charge is 0.382 e. The molecule has 5 nitrogen and oxygen atoms in total. The van der Waals surface area contributed by atoms with Gasteiger partial charge >= 0.3 is 0 Å². The first-order chi connectivity index (χ1) is 11.9. The molecule has 3 rings (SSSR count). The predicted molar refractivity (Wildman–Crippen MR) is 90.7 cm³/mol. The Kier molecular flexibility index (Phi) is 4.89. The number of benzene rings is 1. The Morgan fingerprint density at radius 2 is 1.96 bits per heavy atom. The number of likely N-dealkylation sites (tertiary alicyclic amines) is 1. The first-order valence-corrected chi connectivity index (χ1v) is 8.19. The number of amides is 1. The molecule has 136 valence electrons. The quantitative estimate of drug-likeness (QED) is 0.868. The van der Waals surface area contributed by atoms with Gasteiger partial charge in [-0.1, -0.05) is 6.07 Å². The molecule has 0 aliphatic carbocycles. The summed E-state index contributed by atoms with van der Waals surface area (Å²) >= 11 is 0. The van der Waals surface area contributed by atoms with E-state index in [1.165, 1.54) is 12.1 Å². The lowest BCUT2D eigenvalue weighted by Gasteiger charge is -2.30. The number of halogens is 3. The normalized spacial score (nSPS) is 18.0. The highest BCUT2D eigenvalue weighted by molar-refractivity contribution is 6.02. The van der Waals surface area contributed by atoms with Gasteiger partial charge in [-0.25, -0.2) is 13.2 Å². The number of primary amides is 1. The van der Waals surface area contributed by atoms with Crippen LogP contribution in [0.1, 0.15) is 29.6 Å². The van der Waals surface area contributed by atoms with Gasteiger partial charge in [0, 0.05) is 17.1 Å². The van der Waals surface area contributed by atoms with Gasteiger partial charge in [0.2, 0.25) is 6.30 Å². The van der Waals surface area contributed by atoms with Crippen LogP contribution in [0.25, 0.3) is 10.9 Å². The molecule has 25 heavy (non-hydrogen) atoms. The second-order valence-electron chi connectivity index (χ2n) is 6.43. The summed E-state index contributed by atoms with van der Waals surface area (Å²) in [4.78, 5) is 13.9. The molecular formula is C17H21F3N4O. The molecule has 0 bridgehead atoms. The molecular weight excluding hydrogens is 333 g/mol. The van der Waals surface area contributed by atoms with Gasteiger partial charge in [-0.2, -0.15) is 0 Å². The topological polar surface area (TPSA) is 63.3 Å². The van der Waals surface area contributed by atoms with E-state index in [4.69, 9.17) is 5.73 Å². The summed E-state index contributed by atoms with van der Waals surface area (Å²) in [6, 6.07) is 6.57. The number of aromatic nitrogens is 1. The van der Waals surface area contributed by atoms with Gasteiger partial charge in [-0.3, -0.25) is 4.79 Å². The number of nitrogens with one attached hydrogen (secondary N) is 1. The molecule has 0 radical (unpaired) electrons. The number of carbonyl (C=O) groups excluding carboxylic acids is 1. The molecule has 8 heteroatoms. The maximum Gasteiger partial charge on any atom is 0.288 e. The molecule has 0 spiro atoms. The minimum atomic E-state index is -3.25. The zero-order valence-electron chi connectivity index (χ0n) is 13.9. The lowest BCUT2D eigenvalue weighted by Crippen LogP contribution is -2.36. The summed E-state index contributed by atoms with van der Waals surface area (Å²) in [5, 5.41) is 3.90. The molecule has 1 aromatic heterocycles. The van der Waals surface area contributed by atoms with Gasteiger partial charge < -0.3 is 20.5 Å². The molecule has 1 saturated heterocycles. The Balaban J connectivity index is 2.01. The number of anilines is 1. The van der Waals surface area contributed by atoms with E-state index in [-0.39, 0.29) is 17.3 Å². The molecule has 1 aliphatic rings. The fourth-order valence-corrected chi connectivity index (χ4v) is 3.32. The van der Waals surface area contributed by atoms with Crippen molar-refractivity contribution in [1.29, 1.82) is 0 Å². The van der Waals surface area contributed by atoms with E-state index in [1.54, 1.807) is 12.1 Å². The third kappa shape index (κ3) is 3.44. The van der Waals surface area contributed by atoms with Crippen LogP contribution >= 0.6 is 0 Å². The van der Waals surface area contributed by atoms with Crippen molar-refractivity contribution in [1.82, 2.24) is 9.47 Å². The second kappa shape index (κ2) is 6.95. The van der Waals surface area contributed by atoms with Crippen molar-refractivity contribution in [3.8, 4) is 0 Å². The van der Waals surface area contributed by atoms with Crippen molar-refractivity contribution >= 4 is 22.5 Å². The van der Waals surface area contributed by atoms with Gasteiger partial charge in [0.15, 0.2) is 0 Å². The van der Waals surface area contributed by atoms with E-state index in [9.17, 15) is 18.0 Å². The zero-order chi connectivity index (χ0) is 18.1. The molecule has 0 saturated carbocycles. The predicted octanol–water partition coefficient (Wildman–Crippen LogP) is 2.98. The van der Waals surface area contributed by atoms with E-state index in [2.05, 4.69) is 17.3 Å². The molecule has 1 aromatic carbocycles. The highest BCUT2D eigenvalue weighted by Gasteiger charge is 2.28. The summed E-state index contributed by atoms with van der Waals surface area (Å²) in [7, 11) is 2.06. The maximum atomic E-state index is 14.1. The SMILES string of the molecule is CN1CCC(Nc2cccc3c2cc(C(N)=O)n3C(F)C(F)F)CC1. The van der Waals surface area contributed by atoms with Crippen LogP contribution in [0.15, 0.2) is 24.3 Å². The molecule has 1 unspecified atom stereocenters. The number of nitrogens with two attached hydrogens (primary N) is 1. The fraction of sp³-hybridized carbons (Fsp3) is 0.471. The monoisotopic (exact) mass is 354 g/mol. The third-order valence-corrected chi connectivity index (χ3v) is 4.67. The molecule has 1 aliphatic heterocycles. The number of fused-ring (bicyclic) bond motifs is 1. The first-order valence-electron chi connectivity index (χ1n) is 8.19. The van der Waals surface area contributed by atoms with Crippen LogP contribution in [-0.4, -0.2) is 48.0 Å². The van der Waals surface area contributed by atoms with Crippen LogP contribution in [0.4, 0.5) is 18.9 Å². The highest BCUT2D eigenvalue weighted by Crippen LogP contribution is 2.33. The summed E-state index contributed by atoms with van der Waals surface area (Å²) in [6.45, 7) is 1.91. The van der Waals surface area contributed by atoms with E-state index in [1.807, 2.05) is 0 Å². The van der Waals surface area contributed by atoms with E-state index in [0.717, 1.165) is 25.9 Å². The number of carbonyl (C=O) groups is 1. The van der Waals surface area contributed by atoms with E-state index >= 15 is 0 Å². The van der Waals surface area contributed by atoms with Crippen LogP contribution < -0.4 is 11.1 Å². The van der Waals surface area contributed by atoms with Crippen LogP contribution in [0, 0.1) is 0 Å². The first kappa shape index (κ1) is 17.6. The van der Waals surface area contributed by atoms with Gasteiger partial charge in [-0.05, 0) is 51.2 Å². The average Bonchev–Trinajstić information content (AvgIpc) is 2.97. The van der Waals surface area contributed by atoms with Crippen molar-refractivity contribution in [2.24, 2.45) is 5.73 Å². The van der Waals surface area contributed by atoms with Crippen LogP contribution in [0.3, 0.4) is 0 Å². The Bertz CT molecular complexity index is 769. The van der Waals surface area contributed by atoms with Crippen molar-refractivity contribution in [3.63, 3.8) is 0 Å². The van der Waals surface area contributed by atoms with Crippen LogP contribution in [0.5, 0.6) is 0 Å². The molecule has 2 aromatic rings. The third-order valence-electron chi connectivity index (χ3n) is 4.67. The smallest absolute Gasteiger partial charge is 0.288 e. The Hall–Kier alpha value is -2.22. The van der Waals surface area contributed by atoms with Crippen LogP contribution in [0.2, 0.25) is 0 Å². The van der Waals surface area contributed by atoms with Gasteiger partial charge in [0.1, 0.15) is 5.69 Å². The number of piperidine rings is 1. The fourth-order valence-electron chi connectivity index (χ4n) is 3.32. The van der Waals surface area contributed by atoms with E-state index < -0.39 is 18.6 Å². The highest BCUT2D eigenvalue weighted by atomic mass is 19.3. The molecule has 1 atom stereocenters. The summed E-state index contributed by atoms with van der Waals surface area (Å²) < 4.78 is 40.5. The van der Waals surface area contributed by atoms with E-state index in [0.29, 0.717) is 15.6 Å². The van der Waals surface area contributed by atoms with Crippen LogP contribution in [-0.2, 0) is 0 Å². The number of hydrogen-bond donors (Lipinski definition) is 2. The summed E-state index contributed by atoms with van der Waals surface area (Å²) in [5.41, 5.74) is 5.92.